The van der Waals surface area contributed by atoms with Crippen molar-refractivity contribution in [2.45, 2.75) is 17.9 Å². The summed E-state index contributed by atoms with van der Waals surface area (Å²) in [5.41, 5.74) is 1.69. The number of benzene rings is 2. The highest BCUT2D eigenvalue weighted by Crippen LogP contribution is 2.29. The smallest absolute Gasteiger partial charge is 0.319 e. The Morgan fingerprint density at radius 3 is 2.57 bits per heavy atom. The van der Waals surface area contributed by atoms with E-state index in [0.29, 0.717) is 17.0 Å². The highest BCUT2D eigenvalue weighted by molar-refractivity contribution is 7.98. The van der Waals surface area contributed by atoms with E-state index < -0.39 is 22.9 Å². The molecule has 3 rings (SSSR count). The topological polar surface area (TPSA) is 113 Å². The van der Waals surface area contributed by atoms with Crippen molar-refractivity contribution in [2.24, 2.45) is 0 Å². The average molecular weight is 398 g/mol. The monoisotopic (exact) mass is 398 g/mol. The van der Waals surface area contributed by atoms with Crippen LogP contribution >= 0.6 is 11.8 Å². The van der Waals surface area contributed by atoms with Crippen LogP contribution in [0.3, 0.4) is 0 Å². The van der Waals surface area contributed by atoms with E-state index in [4.69, 9.17) is 0 Å². The number of nitrogens with one attached hydrogen (secondary N) is 3. The molecular weight excluding hydrogens is 380 g/mol. The molecule has 3 N–H and O–H groups in total. The molecule has 28 heavy (non-hydrogen) atoms. The van der Waals surface area contributed by atoms with Crippen LogP contribution < -0.4 is 16.0 Å². The lowest BCUT2D eigenvalue weighted by Crippen LogP contribution is -2.45. The van der Waals surface area contributed by atoms with E-state index in [9.17, 15) is 19.7 Å². The molecule has 0 fully saturated rings. The van der Waals surface area contributed by atoms with Crippen molar-refractivity contribution in [1.29, 1.82) is 0 Å². The fraction of sp³-hybridized carbons (Fsp3) is 0.158. The van der Waals surface area contributed by atoms with Crippen LogP contribution in [-0.4, -0.2) is 23.1 Å². The Morgan fingerprint density at radius 2 is 1.93 bits per heavy atom. The number of hydrogen-bond donors (Lipinski definition) is 3. The van der Waals surface area contributed by atoms with Gasteiger partial charge in [0, 0.05) is 28.4 Å². The zero-order valence-corrected chi connectivity index (χ0v) is 16.0. The number of carbonyl (C=O) groups excluding carboxylic acids is 2. The molecule has 0 radical (unpaired) electrons. The minimum Gasteiger partial charge on any atom is -0.327 e. The lowest BCUT2D eigenvalue weighted by Gasteiger charge is -2.28. The van der Waals surface area contributed by atoms with Gasteiger partial charge in [0.25, 0.3) is 11.6 Å². The SMILES string of the molecule is CSc1ccc([C@H]2NC(=O)NC(C)=C2C(=O)Nc2cccc([N+](=O)[O-])c2)cc1. The van der Waals surface area contributed by atoms with E-state index in [1.807, 2.05) is 30.5 Å². The molecule has 0 unspecified atom stereocenters. The molecule has 8 nitrogen and oxygen atoms in total. The van der Waals surface area contributed by atoms with Gasteiger partial charge in [0.15, 0.2) is 0 Å². The normalized spacial score (nSPS) is 16.2. The van der Waals surface area contributed by atoms with Crippen LogP contribution in [0, 0.1) is 10.1 Å². The maximum Gasteiger partial charge on any atom is 0.319 e. The van der Waals surface area contributed by atoms with Crippen LogP contribution in [0.2, 0.25) is 0 Å². The van der Waals surface area contributed by atoms with Gasteiger partial charge in [-0.1, -0.05) is 18.2 Å². The molecule has 1 aliphatic rings. The van der Waals surface area contributed by atoms with Gasteiger partial charge in [0.05, 0.1) is 16.5 Å². The van der Waals surface area contributed by atoms with Gasteiger partial charge in [-0.25, -0.2) is 4.79 Å². The van der Waals surface area contributed by atoms with Crippen molar-refractivity contribution in [1.82, 2.24) is 10.6 Å². The van der Waals surface area contributed by atoms with Crippen LogP contribution in [0.4, 0.5) is 16.2 Å². The van der Waals surface area contributed by atoms with Crippen molar-refractivity contribution in [3.05, 3.63) is 75.5 Å². The first kappa shape index (κ1) is 19.4. The molecule has 0 saturated heterocycles. The zero-order valence-electron chi connectivity index (χ0n) is 15.2. The number of allylic oxidation sites excluding steroid dienone is 1. The molecule has 3 amide bonds. The van der Waals surface area contributed by atoms with Gasteiger partial charge < -0.3 is 16.0 Å². The first-order valence-corrected chi connectivity index (χ1v) is 9.59. The largest absolute Gasteiger partial charge is 0.327 e. The number of thioether (sulfide) groups is 1. The quantitative estimate of drug-likeness (QED) is 0.405. The molecule has 0 spiro atoms. The van der Waals surface area contributed by atoms with Crippen LogP contribution in [0.15, 0.2) is 64.7 Å². The van der Waals surface area contributed by atoms with Crippen molar-refractivity contribution in [2.75, 3.05) is 11.6 Å². The number of nitrogens with zero attached hydrogens (tertiary/aromatic N) is 1. The van der Waals surface area contributed by atoms with E-state index in [1.165, 1.54) is 18.2 Å². The van der Waals surface area contributed by atoms with E-state index in [-0.39, 0.29) is 5.69 Å². The lowest BCUT2D eigenvalue weighted by atomic mass is 9.95. The highest BCUT2D eigenvalue weighted by Gasteiger charge is 2.31. The van der Waals surface area contributed by atoms with Crippen molar-refractivity contribution in [3.63, 3.8) is 0 Å². The summed E-state index contributed by atoms with van der Waals surface area (Å²) >= 11 is 1.59. The van der Waals surface area contributed by atoms with Gasteiger partial charge in [0.1, 0.15) is 0 Å². The van der Waals surface area contributed by atoms with Crippen molar-refractivity contribution < 1.29 is 14.5 Å². The van der Waals surface area contributed by atoms with E-state index in [0.717, 1.165) is 10.5 Å². The third kappa shape index (κ3) is 4.15. The summed E-state index contributed by atoms with van der Waals surface area (Å²) < 4.78 is 0. The van der Waals surface area contributed by atoms with Crippen LogP contribution in [0.5, 0.6) is 0 Å². The standard InChI is InChI=1S/C19H18N4O4S/c1-11-16(18(24)21-13-4-3-5-14(10-13)23(26)27)17(22-19(25)20-11)12-6-8-15(28-2)9-7-12/h3-10,17H,1-2H3,(H,21,24)(H2,20,22,25)/t17-/m1/s1. The predicted octanol–water partition coefficient (Wildman–Crippen LogP) is 3.58. The fourth-order valence-corrected chi connectivity index (χ4v) is 3.35. The lowest BCUT2D eigenvalue weighted by molar-refractivity contribution is -0.384. The van der Waals surface area contributed by atoms with Gasteiger partial charge in [-0.05, 0) is 36.9 Å². The first-order valence-electron chi connectivity index (χ1n) is 8.37. The van der Waals surface area contributed by atoms with Crippen molar-refractivity contribution >= 4 is 35.1 Å². The second-order valence-electron chi connectivity index (χ2n) is 6.10. The second kappa shape index (κ2) is 8.13. The van der Waals surface area contributed by atoms with Gasteiger partial charge in [-0.3, -0.25) is 14.9 Å². The number of carbonyl (C=O) groups is 2. The Labute approximate surface area is 165 Å². The third-order valence-electron chi connectivity index (χ3n) is 4.28. The Balaban J connectivity index is 1.92. The Morgan fingerprint density at radius 1 is 1.21 bits per heavy atom. The molecule has 2 aromatic rings. The minimum absolute atomic E-state index is 0.122. The average Bonchev–Trinajstić information content (AvgIpc) is 2.67. The molecule has 0 saturated carbocycles. The first-order chi connectivity index (χ1) is 13.4. The van der Waals surface area contributed by atoms with Crippen LogP contribution in [0.1, 0.15) is 18.5 Å². The van der Waals surface area contributed by atoms with E-state index in [1.54, 1.807) is 24.8 Å². The summed E-state index contributed by atoms with van der Waals surface area (Å²) in [6.07, 6.45) is 1.96. The van der Waals surface area contributed by atoms with Gasteiger partial charge >= 0.3 is 6.03 Å². The molecule has 1 heterocycles. The highest BCUT2D eigenvalue weighted by atomic mass is 32.2. The van der Waals surface area contributed by atoms with Gasteiger partial charge in [-0.15, -0.1) is 11.8 Å². The maximum atomic E-state index is 12.9. The zero-order chi connectivity index (χ0) is 20.3. The number of amides is 3. The second-order valence-corrected chi connectivity index (χ2v) is 6.98. The van der Waals surface area contributed by atoms with Gasteiger partial charge in [0.2, 0.25) is 0 Å². The number of anilines is 1. The molecule has 2 aromatic carbocycles. The Bertz CT molecular complexity index is 972. The summed E-state index contributed by atoms with van der Waals surface area (Å²) in [7, 11) is 0. The number of rotatable bonds is 5. The van der Waals surface area contributed by atoms with Crippen molar-refractivity contribution in [3.8, 4) is 0 Å². The van der Waals surface area contributed by atoms with Gasteiger partial charge in [-0.2, -0.15) is 0 Å². The molecule has 9 heteroatoms. The molecular formula is C19H18N4O4S. The summed E-state index contributed by atoms with van der Waals surface area (Å²) in [5.74, 6) is -0.454. The number of urea groups is 1. The molecule has 144 valence electrons. The maximum absolute atomic E-state index is 12.9. The molecule has 0 aromatic heterocycles. The Kier molecular flexibility index (Phi) is 5.65. The molecule has 1 atom stereocenters. The fourth-order valence-electron chi connectivity index (χ4n) is 2.94. The summed E-state index contributed by atoms with van der Waals surface area (Å²) in [6.45, 7) is 1.64. The number of non-ortho nitro benzene ring substituents is 1. The summed E-state index contributed by atoms with van der Waals surface area (Å²) in [6, 6.07) is 12.2. The summed E-state index contributed by atoms with van der Waals surface area (Å²) in [5, 5.41) is 19.0. The molecule has 1 aliphatic heterocycles. The van der Waals surface area contributed by atoms with E-state index in [2.05, 4.69) is 16.0 Å². The number of hydrogen-bond acceptors (Lipinski definition) is 5. The number of nitro groups is 1. The molecule has 0 bridgehead atoms. The minimum atomic E-state index is -0.636. The molecule has 0 aliphatic carbocycles. The Hall–Kier alpha value is -3.33. The number of nitro benzene ring substituents is 1. The summed E-state index contributed by atoms with van der Waals surface area (Å²) in [4.78, 5) is 36.4. The van der Waals surface area contributed by atoms with E-state index >= 15 is 0 Å². The third-order valence-corrected chi connectivity index (χ3v) is 5.02. The predicted molar refractivity (Wildman–Crippen MR) is 107 cm³/mol. The van der Waals surface area contributed by atoms with Crippen LogP contribution in [0.25, 0.3) is 0 Å². The van der Waals surface area contributed by atoms with Crippen LogP contribution in [-0.2, 0) is 4.79 Å².